The molecule has 6 unspecified atom stereocenters. The molecule has 0 spiro atoms. The molecule has 18 N–H and O–H groups in total. The first-order chi connectivity index (χ1) is 47.5. The van der Waals surface area contributed by atoms with E-state index in [9.17, 15) is 119 Å². The maximum Gasteiger partial charge on any atom is 0.336 e. The van der Waals surface area contributed by atoms with Gasteiger partial charge in [0.1, 0.15) is 139 Å². The molecule has 10 rings (SSSR count). The fraction of sp³-hybridized carbons (Fsp3) is 0.579. The van der Waals surface area contributed by atoms with E-state index < -0.39 is 230 Å². The minimum atomic E-state index is -5.90. The summed E-state index contributed by atoms with van der Waals surface area (Å²) in [7, 11) is -11.7. The smallest absolute Gasteiger partial charge is 0.336 e. The van der Waals surface area contributed by atoms with Crippen LogP contribution in [-0.4, -0.2) is 272 Å². The van der Waals surface area contributed by atoms with Gasteiger partial charge in [0.15, 0.2) is 18.8 Å². The number of benzene rings is 2. The number of aromatic amines is 1. The number of aliphatic hydroxyl groups is 15. The molecule has 44 heteroatoms. The first-order valence-corrected chi connectivity index (χ1v) is 33.2. The highest BCUT2D eigenvalue weighted by molar-refractivity contribution is 7.59. The Kier molecular flexibility index (Phi) is 27.0. The molecule has 0 saturated carbocycles. The molecule has 5 aliphatic heterocycles. The average Bonchev–Trinajstić information content (AvgIpc) is 0.855. The largest absolute Gasteiger partial charge is 0.756 e. The lowest BCUT2D eigenvalue weighted by molar-refractivity contribution is -0.343. The molecular formula is C57H74N4O38P2-2. The van der Waals surface area contributed by atoms with Gasteiger partial charge in [0.2, 0.25) is 24.4 Å². The lowest BCUT2D eigenvalue weighted by atomic mass is 9.95. The maximum absolute atomic E-state index is 12.0. The van der Waals surface area contributed by atoms with Crippen LogP contribution in [0.4, 0.5) is 0 Å². The number of phosphoric ester groups is 2. The molecule has 5 aliphatic rings. The zero-order chi connectivity index (χ0) is 74.4. The first kappa shape index (κ1) is 80.2. The number of aromatic nitrogens is 2. The summed E-state index contributed by atoms with van der Waals surface area (Å²) in [4.78, 5) is 95.6. The number of hydrogen-bond donors (Lipinski definition) is 18. The van der Waals surface area contributed by atoms with E-state index in [1.165, 1.54) is 38.1 Å². The number of nitrogens with one attached hydrogen (secondary N) is 3. The number of ether oxygens (including phenoxy) is 8. The third kappa shape index (κ3) is 19.3. The van der Waals surface area contributed by atoms with Crippen molar-refractivity contribution in [1.82, 2.24) is 20.2 Å². The van der Waals surface area contributed by atoms with Crippen LogP contribution in [-0.2, 0) is 60.5 Å². The molecule has 5 fully saturated rings. The van der Waals surface area contributed by atoms with Gasteiger partial charge in [0, 0.05) is 61.1 Å². The van der Waals surface area contributed by atoms with Gasteiger partial charge >= 0.3 is 16.9 Å². The number of hydrogen-bond acceptors (Lipinski definition) is 38. The minimum Gasteiger partial charge on any atom is -0.756 e. The van der Waals surface area contributed by atoms with Crippen molar-refractivity contribution in [1.29, 1.82) is 0 Å². The topological polar surface area (TPSA) is 659 Å². The van der Waals surface area contributed by atoms with E-state index in [1.807, 2.05) is 4.98 Å². The monoisotopic (exact) mass is 1480 g/mol. The molecule has 0 bridgehead atoms. The first-order valence-electron chi connectivity index (χ1n) is 30.3. The van der Waals surface area contributed by atoms with Crippen LogP contribution < -0.4 is 52.4 Å². The van der Waals surface area contributed by atoms with Crippen molar-refractivity contribution in [3.8, 4) is 11.5 Å². The van der Waals surface area contributed by atoms with Crippen molar-refractivity contribution in [2.75, 3.05) is 33.0 Å². The molecule has 42 nitrogen and oxygen atoms in total. The number of carbonyl (C=O) groups is 2. The standard InChI is InChI=1S/C24H31NO13.C18H21NO8.C15H24N2O17P2/c1-9-5-16(29)35-13-6-11(3-4-12(9)13)34-23-17(25-10(2)28)19(31)22(15(8-27)37-23)38-24-21(33)20(32)18(30)14(7-26)36-24;1-8-5-14(22)26-12-6-10(3-4-11(8)12)25-18-15(19-9(2)21)17(24)16(23)13(7-20)27-18;18-3-5-8(20)10(22)12(24)14(32-5)33-36(28,29)34-35(26,27)30-4-6-9(21)11(23)13(31-6)17-2-1-7(19)16-15(17)25/h3-6,14-15,17-24,26-27,30-33H,7-8H2,1-2H3,(H,25,28);3-6,13,15-18,20,23-24H,7H2,1-2H3,(H,19,21);1-2,5-6,8-14,18,20-24H,3-4H2,(H,26,27)(H,28,29)(H,16,19,25)/p-2/t14-,15-,17-,18+,19-,20+,21-,22-,23-,24+;13-,15-,16-,17-,18-;5-,6?,8+,9?,10+,11?,12-,13?,14-/m111/s1. The van der Waals surface area contributed by atoms with Crippen LogP contribution in [0, 0.1) is 13.8 Å². The average molecular weight is 1490 g/mol. The predicted molar refractivity (Wildman–Crippen MR) is 323 cm³/mol. The van der Waals surface area contributed by atoms with Crippen molar-refractivity contribution in [2.45, 2.75) is 175 Å². The summed E-state index contributed by atoms with van der Waals surface area (Å²) in [5.41, 5.74) is -0.848. The van der Waals surface area contributed by atoms with E-state index in [-0.39, 0.29) is 17.1 Å². The van der Waals surface area contributed by atoms with Crippen LogP contribution in [0.5, 0.6) is 11.5 Å². The van der Waals surface area contributed by atoms with E-state index >= 15 is 0 Å². The highest BCUT2D eigenvalue weighted by Gasteiger charge is 2.53. The van der Waals surface area contributed by atoms with Crippen LogP contribution in [0.1, 0.15) is 31.2 Å². The van der Waals surface area contributed by atoms with Crippen molar-refractivity contribution < 1.29 is 165 Å². The Morgan fingerprint density at radius 1 is 0.525 bits per heavy atom. The molecule has 5 aromatic rings. The molecule has 101 heavy (non-hydrogen) atoms. The molecule has 5 saturated heterocycles. The molecule has 2 aromatic carbocycles. The SMILES string of the molecule is CC(=O)N[C@H]1[C@H](Oc2ccc3c(C)cc(=O)oc3c2)O[C@H](CO)[C@@H](O)[C@@H]1O.CC(=O)N[C@H]1[C@H](Oc2ccc3c(C)cc(=O)oc3c2)O[C@H](CO)[C@@H](O[C@@H]2O[C@H](CO)[C@H](O)[C@H](O)[C@H]2O)[C@@H]1O.O=c1ccn(C2OC(COP(=O)([O-])OP(=O)([O-])O[C@H]3O[C@H](CO)[C@H](O)[C@H](O)[C@H]3O)C(O)C2O)c(=O)[nH]1. The Hall–Kier alpha value is -6.50. The molecule has 8 heterocycles. The summed E-state index contributed by atoms with van der Waals surface area (Å²) in [5, 5.41) is 155. The number of amides is 2. The van der Waals surface area contributed by atoms with Gasteiger partial charge in [-0.3, -0.25) is 37.6 Å². The number of aryl methyl sites for hydroxylation is 2. The second-order valence-corrected chi connectivity index (χ2v) is 26.3. The van der Waals surface area contributed by atoms with Crippen LogP contribution in [0.25, 0.3) is 21.9 Å². The van der Waals surface area contributed by atoms with Crippen molar-refractivity contribution >= 4 is 49.4 Å². The number of H-pyrrole nitrogens is 1. The quantitative estimate of drug-likeness (QED) is 0.0254. The Balaban J connectivity index is 0.000000195. The van der Waals surface area contributed by atoms with Crippen molar-refractivity contribution in [2.24, 2.45) is 0 Å². The lowest BCUT2D eigenvalue weighted by Gasteiger charge is -2.47. The fourth-order valence-electron chi connectivity index (χ4n) is 11.0. The molecule has 562 valence electrons. The molecule has 3 aromatic heterocycles. The Bertz CT molecular complexity index is 4010. The van der Waals surface area contributed by atoms with Crippen LogP contribution >= 0.6 is 15.6 Å². The second-order valence-electron chi connectivity index (χ2n) is 23.4. The highest BCUT2D eigenvalue weighted by atomic mass is 31.3. The fourth-order valence-corrected chi connectivity index (χ4v) is 13.1. The van der Waals surface area contributed by atoms with Gasteiger partial charge < -0.3 is 148 Å². The molecule has 0 aliphatic carbocycles. The van der Waals surface area contributed by atoms with Crippen LogP contribution in [0.3, 0.4) is 0 Å². The molecule has 0 radical (unpaired) electrons. The van der Waals surface area contributed by atoms with Crippen LogP contribution in [0.15, 0.2) is 88.8 Å². The second kappa shape index (κ2) is 34.0. The Labute approximate surface area is 566 Å². The van der Waals surface area contributed by atoms with Gasteiger partial charge in [-0.15, -0.1) is 0 Å². The van der Waals surface area contributed by atoms with Gasteiger partial charge in [-0.2, -0.15) is 0 Å². The minimum absolute atomic E-state index is 0.170. The van der Waals surface area contributed by atoms with Gasteiger partial charge in [-0.05, 0) is 49.2 Å². The van der Waals surface area contributed by atoms with Crippen LogP contribution in [0.2, 0.25) is 0 Å². The third-order valence-electron chi connectivity index (χ3n) is 16.1. The van der Waals surface area contributed by atoms with Crippen molar-refractivity contribution in [3.63, 3.8) is 0 Å². The molecule has 26 atom stereocenters. The molecular weight excluding hydrogens is 1410 g/mol. The van der Waals surface area contributed by atoms with Gasteiger partial charge in [-0.25, -0.2) is 18.7 Å². The maximum atomic E-state index is 12.0. The van der Waals surface area contributed by atoms with E-state index in [2.05, 4.69) is 24.0 Å². The van der Waals surface area contributed by atoms with E-state index in [0.29, 0.717) is 21.1 Å². The summed E-state index contributed by atoms with van der Waals surface area (Å²) < 4.78 is 91.4. The Morgan fingerprint density at radius 3 is 1.44 bits per heavy atom. The summed E-state index contributed by atoms with van der Waals surface area (Å²) in [5.74, 6) is -0.577. The number of carbonyl (C=O) groups excluding carboxylic acids is 2. The molecule has 2 amide bonds. The summed E-state index contributed by atoms with van der Waals surface area (Å²) in [6.07, 6.45) is -34.6. The third-order valence-corrected chi connectivity index (χ3v) is 18.6. The summed E-state index contributed by atoms with van der Waals surface area (Å²) >= 11 is 0. The van der Waals surface area contributed by atoms with E-state index in [4.69, 9.17) is 51.8 Å². The summed E-state index contributed by atoms with van der Waals surface area (Å²) in [6, 6.07) is 10.8. The van der Waals surface area contributed by atoms with Gasteiger partial charge in [-0.1, -0.05) is 0 Å². The number of nitrogens with zero attached hydrogens (tertiary/aromatic N) is 1. The van der Waals surface area contributed by atoms with E-state index in [1.54, 1.807) is 38.1 Å². The summed E-state index contributed by atoms with van der Waals surface area (Å²) in [6.45, 7) is 1.98. The number of aliphatic hydroxyl groups excluding tert-OH is 15. The van der Waals surface area contributed by atoms with Gasteiger partial charge in [0.25, 0.3) is 21.2 Å². The predicted octanol–water partition coefficient (Wildman–Crippen LogP) is -9.39. The number of phosphoric acid groups is 2. The zero-order valence-electron chi connectivity index (χ0n) is 53.1. The normalized spacial score (nSPS) is 34.6. The van der Waals surface area contributed by atoms with Gasteiger partial charge in [0.05, 0.1) is 33.0 Å². The zero-order valence-corrected chi connectivity index (χ0v) is 54.9. The Morgan fingerprint density at radius 2 is 0.960 bits per heavy atom. The number of rotatable bonds is 20. The highest BCUT2D eigenvalue weighted by Crippen LogP contribution is 2.57. The lowest BCUT2D eigenvalue weighted by Crippen LogP contribution is -2.68. The number of fused-ring (bicyclic) bond motifs is 2. The van der Waals surface area contributed by atoms with E-state index in [0.717, 1.165) is 23.2 Å². The van der Waals surface area contributed by atoms with Crippen molar-refractivity contribution in [3.05, 3.63) is 114 Å².